The van der Waals surface area contributed by atoms with Crippen molar-refractivity contribution >= 4 is 11.9 Å². The van der Waals surface area contributed by atoms with Gasteiger partial charge in [0.25, 0.3) is 0 Å². The van der Waals surface area contributed by atoms with E-state index in [1.54, 1.807) is 26.0 Å². The Morgan fingerprint density at radius 3 is 2.11 bits per heavy atom. The van der Waals surface area contributed by atoms with Gasteiger partial charge < -0.3 is 10.0 Å². The Hall–Kier alpha value is -1.84. The molecule has 1 amide bonds. The fraction of sp³-hybridized carbons (Fsp3) is 0.429. The largest absolute Gasteiger partial charge is 0.479 e. The van der Waals surface area contributed by atoms with Gasteiger partial charge in [0, 0.05) is 13.5 Å². The van der Waals surface area contributed by atoms with Crippen LogP contribution in [0, 0.1) is 6.92 Å². The van der Waals surface area contributed by atoms with Crippen LogP contribution in [0.4, 0.5) is 0 Å². The smallest absolute Gasteiger partial charge is 0.334 e. The van der Waals surface area contributed by atoms with Gasteiger partial charge in [0.05, 0.1) is 0 Å². The van der Waals surface area contributed by atoms with Crippen molar-refractivity contribution in [2.75, 3.05) is 6.54 Å². The van der Waals surface area contributed by atoms with Crippen LogP contribution >= 0.6 is 0 Å². The van der Waals surface area contributed by atoms with E-state index in [4.69, 9.17) is 0 Å². The predicted octanol–water partition coefficient (Wildman–Crippen LogP) is 2.16. The molecule has 4 heteroatoms. The Bertz CT molecular complexity index is 453. The summed E-state index contributed by atoms with van der Waals surface area (Å²) in [6.45, 7) is 7.01. The molecule has 0 aliphatic carbocycles. The van der Waals surface area contributed by atoms with Gasteiger partial charge in [0.15, 0.2) is 5.54 Å². The van der Waals surface area contributed by atoms with Gasteiger partial charge in [0.2, 0.25) is 5.91 Å². The summed E-state index contributed by atoms with van der Waals surface area (Å²) in [6.07, 6.45) is 0. The maximum atomic E-state index is 11.6. The molecule has 0 spiro atoms. The molecule has 0 aliphatic heterocycles. The van der Waals surface area contributed by atoms with Gasteiger partial charge in [-0.1, -0.05) is 29.8 Å². The summed E-state index contributed by atoms with van der Waals surface area (Å²) in [5, 5.41) is 9.51. The van der Waals surface area contributed by atoms with Crippen molar-refractivity contribution < 1.29 is 14.7 Å². The summed E-state index contributed by atoms with van der Waals surface area (Å²) in [6, 6.07) is 7.22. The van der Waals surface area contributed by atoms with Crippen LogP contribution < -0.4 is 0 Å². The minimum absolute atomic E-state index is 0.247. The topological polar surface area (TPSA) is 57.6 Å². The van der Waals surface area contributed by atoms with E-state index < -0.39 is 11.5 Å². The second kappa shape index (κ2) is 5.21. The average molecular weight is 249 g/mol. The monoisotopic (exact) mass is 249 g/mol. The number of carbonyl (C=O) groups is 2. The van der Waals surface area contributed by atoms with Gasteiger partial charge in [-0.15, -0.1) is 0 Å². The van der Waals surface area contributed by atoms with E-state index in [1.165, 1.54) is 11.8 Å². The number of nitrogens with zero attached hydrogens (tertiary/aromatic N) is 1. The van der Waals surface area contributed by atoms with Crippen molar-refractivity contribution in [3.05, 3.63) is 35.4 Å². The van der Waals surface area contributed by atoms with Gasteiger partial charge >= 0.3 is 5.97 Å². The quantitative estimate of drug-likeness (QED) is 0.889. The van der Waals surface area contributed by atoms with Gasteiger partial charge in [-0.3, -0.25) is 4.79 Å². The zero-order valence-corrected chi connectivity index (χ0v) is 11.2. The number of aliphatic carboxylic acids is 1. The van der Waals surface area contributed by atoms with Crippen LogP contribution in [0.2, 0.25) is 0 Å². The van der Waals surface area contributed by atoms with Crippen molar-refractivity contribution in [2.24, 2.45) is 0 Å². The Morgan fingerprint density at radius 1 is 1.28 bits per heavy atom. The number of carboxylic acid groups (broad SMARTS) is 1. The van der Waals surface area contributed by atoms with Crippen LogP contribution in [0.3, 0.4) is 0 Å². The molecule has 1 aromatic carbocycles. The van der Waals surface area contributed by atoms with E-state index >= 15 is 0 Å². The van der Waals surface area contributed by atoms with E-state index in [2.05, 4.69) is 0 Å². The zero-order valence-electron chi connectivity index (χ0n) is 11.2. The Morgan fingerprint density at radius 2 is 1.78 bits per heavy atom. The second-order valence-electron chi connectivity index (χ2n) is 4.51. The highest BCUT2D eigenvalue weighted by molar-refractivity contribution is 5.87. The summed E-state index contributed by atoms with van der Waals surface area (Å²) in [7, 11) is 0. The molecule has 0 saturated carbocycles. The molecule has 1 N–H and O–H groups in total. The van der Waals surface area contributed by atoms with Gasteiger partial charge in [-0.2, -0.15) is 0 Å². The normalized spacial score (nSPS) is 13.8. The number of hydrogen-bond donors (Lipinski definition) is 1. The number of likely N-dealkylation sites (N-methyl/N-ethyl adjacent to an activating group) is 1. The van der Waals surface area contributed by atoms with E-state index in [-0.39, 0.29) is 5.91 Å². The van der Waals surface area contributed by atoms with Crippen LogP contribution in [0.15, 0.2) is 24.3 Å². The van der Waals surface area contributed by atoms with Crippen molar-refractivity contribution in [2.45, 2.75) is 33.2 Å². The minimum atomic E-state index is -1.33. The highest BCUT2D eigenvalue weighted by Gasteiger charge is 2.42. The standard InChI is InChI=1S/C14H19NO3/c1-5-15(11(3)16)14(4,13(17)18)12-8-6-10(2)7-9-12/h6-9H,5H2,1-4H3,(H,17,18). The van der Waals surface area contributed by atoms with Crippen LogP contribution in [0.1, 0.15) is 31.9 Å². The first kappa shape index (κ1) is 14.2. The Kier molecular flexibility index (Phi) is 4.11. The molecule has 1 unspecified atom stereocenters. The number of amides is 1. The first-order valence-electron chi connectivity index (χ1n) is 5.92. The average Bonchev–Trinajstić information content (AvgIpc) is 2.29. The molecule has 0 aliphatic rings. The molecule has 18 heavy (non-hydrogen) atoms. The summed E-state index contributed by atoms with van der Waals surface area (Å²) in [4.78, 5) is 24.6. The molecule has 1 aromatic rings. The lowest BCUT2D eigenvalue weighted by Gasteiger charge is -2.37. The Balaban J connectivity index is 3.35. The summed E-state index contributed by atoms with van der Waals surface area (Å²) >= 11 is 0. The molecule has 0 heterocycles. The molecule has 0 saturated heterocycles. The van der Waals surface area contributed by atoms with Crippen LogP contribution in [0.5, 0.6) is 0 Å². The lowest BCUT2D eigenvalue weighted by molar-refractivity contribution is -0.158. The number of carboxylic acids is 1. The molecule has 4 nitrogen and oxygen atoms in total. The highest BCUT2D eigenvalue weighted by Crippen LogP contribution is 2.29. The molecular weight excluding hydrogens is 230 g/mol. The number of rotatable bonds is 4. The number of carbonyl (C=O) groups excluding carboxylic acids is 1. The molecule has 0 fully saturated rings. The van der Waals surface area contributed by atoms with E-state index in [9.17, 15) is 14.7 Å². The van der Waals surface area contributed by atoms with Gasteiger partial charge in [-0.25, -0.2) is 4.79 Å². The second-order valence-corrected chi connectivity index (χ2v) is 4.51. The third-order valence-corrected chi connectivity index (χ3v) is 3.27. The highest BCUT2D eigenvalue weighted by atomic mass is 16.4. The maximum Gasteiger partial charge on any atom is 0.334 e. The van der Waals surface area contributed by atoms with Crippen LogP contribution in [0.25, 0.3) is 0 Å². The number of hydrogen-bond acceptors (Lipinski definition) is 2. The predicted molar refractivity (Wildman–Crippen MR) is 69.2 cm³/mol. The lowest BCUT2D eigenvalue weighted by Crippen LogP contribution is -2.51. The zero-order chi connectivity index (χ0) is 13.9. The summed E-state index contributed by atoms with van der Waals surface area (Å²) in [5.41, 5.74) is 0.337. The summed E-state index contributed by atoms with van der Waals surface area (Å²) in [5.74, 6) is -1.27. The third-order valence-electron chi connectivity index (χ3n) is 3.27. The van der Waals surface area contributed by atoms with E-state index in [1.807, 2.05) is 19.1 Å². The minimum Gasteiger partial charge on any atom is -0.479 e. The first-order chi connectivity index (χ1) is 8.33. The van der Waals surface area contributed by atoms with E-state index in [0.29, 0.717) is 12.1 Å². The van der Waals surface area contributed by atoms with E-state index in [0.717, 1.165) is 5.56 Å². The first-order valence-corrected chi connectivity index (χ1v) is 5.92. The molecule has 98 valence electrons. The fourth-order valence-electron chi connectivity index (χ4n) is 2.13. The maximum absolute atomic E-state index is 11.6. The molecule has 1 rings (SSSR count). The number of benzene rings is 1. The molecular formula is C14H19NO3. The van der Waals surface area contributed by atoms with Crippen molar-refractivity contribution in [1.29, 1.82) is 0 Å². The Labute approximate surface area is 107 Å². The lowest BCUT2D eigenvalue weighted by atomic mass is 9.89. The van der Waals surface area contributed by atoms with Gasteiger partial charge in [-0.05, 0) is 26.3 Å². The van der Waals surface area contributed by atoms with Crippen molar-refractivity contribution in [3.63, 3.8) is 0 Å². The SMILES string of the molecule is CCN(C(C)=O)C(C)(C(=O)O)c1ccc(C)cc1. The molecule has 0 bridgehead atoms. The van der Waals surface area contributed by atoms with Crippen molar-refractivity contribution in [3.8, 4) is 0 Å². The fourth-order valence-corrected chi connectivity index (χ4v) is 2.13. The van der Waals surface area contributed by atoms with Crippen LogP contribution in [-0.4, -0.2) is 28.4 Å². The summed E-state index contributed by atoms with van der Waals surface area (Å²) < 4.78 is 0. The molecule has 1 atom stereocenters. The number of aryl methyl sites for hydroxylation is 1. The van der Waals surface area contributed by atoms with Gasteiger partial charge in [0.1, 0.15) is 0 Å². The molecule has 0 radical (unpaired) electrons. The third kappa shape index (κ3) is 2.37. The van der Waals surface area contributed by atoms with Crippen LogP contribution in [-0.2, 0) is 15.1 Å². The van der Waals surface area contributed by atoms with Crippen molar-refractivity contribution in [1.82, 2.24) is 4.90 Å². The molecule has 0 aromatic heterocycles.